The molecule has 0 N–H and O–H groups in total. The van der Waals surface area contributed by atoms with Crippen molar-refractivity contribution in [2.24, 2.45) is 0 Å². The van der Waals surface area contributed by atoms with Gasteiger partial charge in [0.1, 0.15) is 5.54 Å². The van der Waals surface area contributed by atoms with Crippen molar-refractivity contribution in [1.82, 2.24) is 4.90 Å². The Bertz CT molecular complexity index is 219. The largest absolute Gasteiger partial charge is 0.286 e. The smallest absolute Gasteiger partial charge is 0.109 e. The zero-order chi connectivity index (χ0) is 9.31. The van der Waals surface area contributed by atoms with Crippen LogP contribution in [0.3, 0.4) is 0 Å². The molecule has 0 bridgehead atoms. The number of nitrogens with zero attached hydrogens (tertiary/aromatic N) is 2. The van der Waals surface area contributed by atoms with Crippen LogP contribution in [0.5, 0.6) is 0 Å². The first kappa shape index (κ1) is 9.02. The minimum Gasteiger partial charge on any atom is -0.286 e. The summed E-state index contributed by atoms with van der Waals surface area (Å²) >= 11 is 0. The summed E-state index contributed by atoms with van der Waals surface area (Å²) in [6.07, 6.45) is 8.91. The van der Waals surface area contributed by atoms with Crippen molar-refractivity contribution in [3.63, 3.8) is 0 Å². The molecule has 2 aliphatic rings. The maximum Gasteiger partial charge on any atom is 0.109 e. The van der Waals surface area contributed by atoms with Crippen LogP contribution in [0.2, 0.25) is 0 Å². The summed E-state index contributed by atoms with van der Waals surface area (Å²) in [7, 11) is 2.15. The minimum absolute atomic E-state index is 0.0536. The standard InChI is InChI=1S/C11H18N2/c1-13(11(9-12)7-8-11)10-5-3-2-4-6-10/h10H,2-8H2,1H3. The molecule has 0 aromatic carbocycles. The van der Waals surface area contributed by atoms with E-state index in [9.17, 15) is 0 Å². The van der Waals surface area contributed by atoms with Gasteiger partial charge in [0.15, 0.2) is 0 Å². The second-order valence-corrected chi connectivity index (χ2v) is 4.55. The SMILES string of the molecule is CN(C1CCCCC1)C1(C#N)CC1. The van der Waals surface area contributed by atoms with Gasteiger partial charge in [0.25, 0.3) is 0 Å². The molecule has 0 amide bonds. The molecule has 2 saturated carbocycles. The summed E-state index contributed by atoms with van der Waals surface area (Å²) in [5.41, 5.74) is -0.0536. The van der Waals surface area contributed by atoms with Gasteiger partial charge in [-0.1, -0.05) is 19.3 Å². The van der Waals surface area contributed by atoms with Crippen molar-refractivity contribution in [3.8, 4) is 6.07 Å². The van der Waals surface area contributed by atoms with Gasteiger partial charge in [0.2, 0.25) is 0 Å². The predicted octanol–water partition coefficient (Wildman–Crippen LogP) is 2.31. The molecule has 0 aromatic rings. The van der Waals surface area contributed by atoms with Gasteiger partial charge in [-0.15, -0.1) is 0 Å². The molecule has 0 aromatic heterocycles. The second kappa shape index (κ2) is 3.31. The lowest BCUT2D eigenvalue weighted by Gasteiger charge is -2.34. The van der Waals surface area contributed by atoms with Crippen LogP contribution >= 0.6 is 0 Å². The van der Waals surface area contributed by atoms with Gasteiger partial charge in [-0.3, -0.25) is 4.90 Å². The molecular weight excluding hydrogens is 160 g/mol. The van der Waals surface area contributed by atoms with Crippen molar-refractivity contribution >= 4 is 0 Å². The summed E-state index contributed by atoms with van der Waals surface area (Å²) in [5, 5.41) is 9.07. The fraction of sp³-hybridized carbons (Fsp3) is 0.909. The Morgan fingerprint density at radius 2 is 1.85 bits per heavy atom. The Morgan fingerprint density at radius 1 is 1.23 bits per heavy atom. The van der Waals surface area contributed by atoms with Gasteiger partial charge in [-0.05, 0) is 32.7 Å². The van der Waals surface area contributed by atoms with E-state index in [1.807, 2.05) is 0 Å². The third-order valence-electron chi connectivity index (χ3n) is 3.73. The van der Waals surface area contributed by atoms with Gasteiger partial charge < -0.3 is 0 Å². The molecule has 2 aliphatic carbocycles. The average Bonchev–Trinajstić information content (AvgIpc) is 2.99. The van der Waals surface area contributed by atoms with E-state index in [0.29, 0.717) is 6.04 Å². The van der Waals surface area contributed by atoms with Crippen LogP contribution in [0.25, 0.3) is 0 Å². The van der Waals surface area contributed by atoms with E-state index in [-0.39, 0.29) is 5.54 Å². The van der Waals surface area contributed by atoms with E-state index in [2.05, 4.69) is 18.0 Å². The number of nitriles is 1. The molecule has 0 unspecified atom stereocenters. The van der Waals surface area contributed by atoms with Crippen molar-refractivity contribution < 1.29 is 0 Å². The Balaban J connectivity index is 1.96. The monoisotopic (exact) mass is 178 g/mol. The van der Waals surface area contributed by atoms with E-state index in [1.54, 1.807) is 0 Å². The van der Waals surface area contributed by atoms with Crippen LogP contribution in [0.15, 0.2) is 0 Å². The highest BCUT2D eigenvalue weighted by molar-refractivity contribution is 5.19. The molecule has 2 heteroatoms. The van der Waals surface area contributed by atoms with Crippen LogP contribution in [0, 0.1) is 11.3 Å². The molecule has 0 radical (unpaired) electrons. The second-order valence-electron chi connectivity index (χ2n) is 4.55. The fourth-order valence-electron chi connectivity index (χ4n) is 2.48. The Labute approximate surface area is 80.5 Å². The lowest BCUT2D eigenvalue weighted by molar-refractivity contribution is 0.151. The lowest BCUT2D eigenvalue weighted by Crippen LogP contribution is -2.42. The van der Waals surface area contributed by atoms with Crippen LogP contribution in [0.1, 0.15) is 44.9 Å². The van der Waals surface area contributed by atoms with Crippen LogP contribution < -0.4 is 0 Å². The predicted molar refractivity (Wildman–Crippen MR) is 52.2 cm³/mol. The number of rotatable bonds is 2. The maximum absolute atomic E-state index is 9.07. The molecule has 2 fully saturated rings. The highest BCUT2D eigenvalue weighted by Gasteiger charge is 2.49. The van der Waals surface area contributed by atoms with E-state index in [4.69, 9.17) is 5.26 Å². The summed E-state index contributed by atoms with van der Waals surface area (Å²) in [6, 6.07) is 3.17. The van der Waals surface area contributed by atoms with E-state index < -0.39 is 0 Å². The van der Waals surface area contributed by atoms with Crippen LogP contribution in [-0.4, -0.2) is 23.5 Å². The topological polar surface area (TPSA) is 27.0 Å². The Morgan fingerprint density at radius 3 is 2.31 bits per heavy atom. The first-order valence-corrected chi connectivity index (χ1v) is 5.43. The lowest BCUT2D eigenvalue weighted by atomic mass is 9.93. The molecule has 2 nitrogen and oxygen atoms in total. The molecule has 2 rings (SSSR count). The van der Waals surface area contributed by atoms with Crippen molar-refractivity contribution in [2.75, 3.05) is 7.05 Å². The van der Waals surface area contributed by atoms with E-state index >= 15 is 0 Å². The summed E-state index contributed by atoms with van der Waals surface area (Å²) in [5.74, 6) is 0. The van der Waals surface area contributed by atoms with E-state index in [0.717, 1.165) is 12.8 Å². The zero-order valence-corrected chi connectivity index (χ0v) is 8.42. The van der Waals surface area contributed by atoms with Crippen molar-refractivity contribution in [2.45, 2.75) is 56.5 Å². The van der Waals surface area contributed by atoms with Gasteiger partial charge in [-0.25, -0.2) is 0 Å². The van der Waals surface area contributed by atoms with Gasteiger partial charge >= 0.3 is 0 Å². The van der Waals surface area contributed by atoms with Crippen molar-refractivity contribution in [1.29, 1.82) is 5.26 Å². The molecule has 0 saturated heterocycles. The normalized spacial score (nSPS) is 27.2. The number of hydrogen-bond donors (Lipinski definition) is 0. The summed E-state index contributed by atoms with van der Waals surface area (Å²) in [4.78, 5) is 2.35. The molecule has 13 heavy (non-hydrogen) atoms. The van der Waals surface area contributed by atoms with Gasteiger partial charge in [0.05, 0.1) is 6.07 Å². The average molecular weight is 178 g/mol. The fourth-order valence-corrected chi connectivity index (χ4v) is 2.48. The quantitative estimate of drug-likeness (QED) is 0.648. The molecular formula is C11H18N2. The third-order valence-corrected chi connectivity index (χ3v) is 3.73. The Hall–Kier alpha value is -0.550. The molecule has 0 aliphatic heterocycles. The Kier molecular flexibility index (Phi) is 2.29. The first-order chi connectivity index (χ1) is 6.28. The first-order valence-electron chi connectivity index (χ1n) is 5.43. The third kappa shape index (κ3) is 1.58. The highest BCUT2D eigenvalue weighted by atomic mass is 15.2. The summed E-state index contributed by atoms with van der Waals surface area (Å²) in [6.45, 7) is 0. The minimum atomic E-state index is -0.0536. The molecule has 0 spiro atoms. The van der Waals surface area contributed by atoms with Crippen LogP contribution in [-0.2, 0) is 0 Å². The van der Waals surface area contributed by atoms with E-state index in [1.165, 1.54) is 32.1 Å². The zero-order valence-electron chi connectivity index (χ0n) is 8.42. The molecule has 0 heterocycles. The highest BCUT2D eigenvalue weighted by Crippen LogP contribution is 2.43. The van der Waals surface area contributed by atoms with Gasteiger partial charge in [0, 0.05) is 6.04 Å². The van der Waals surface area contributed by atoms with Crippen molar-refractivity contribution in [3.05, 3.63) is 0 Å². The molecule has 0 atom stereocenters. The van der Waals surface area contributed by atoms with Crippen LogP contribution in [0.4, 0.5) is 0 Å². The van der Waals surface area contributed by atoms with Gasteiger partial charge in [-0.2, -0.15) is 5.26 Å². The number of hydrogen-bond acceptors (Lipinski definition) is 2. The molecule has 72 valence electrons. The summed E-state index contributed by atoms with van der Waals surface area (Å²) < 4.78 is 0. The maximum atomic E-state index is 9.07.